The average Bonchev–Trinajstić information content (AvgIpc) is 3.12. The predicted octanol–water partition coefficient (Wildman–Crippen LogP) is 4.25. The fraction of sp³-hybridized carbons (Fsp3) is 0.250. The number of amides is 1. The van der Waals surface area contributed by atoms with E-state index in [-0.39, 0.29) is 42.0 Å². The van der Waals surface area contributed by atoms with Gasteiger partial charge in [0.15, 0.2) is 0 Å². The van der Waals surface area contributed by atoms with Crippen LogP contribution < -0.4 is 22.1 Å². The topological polar surface area (TPSA) is 133 Å². The lowest BCUT2D eigenvalue weighted by molar-refractivity contribution is -0.137. The SMILES string of the molecule is CC(C)Nc1cc(-c2cc(N)cc(C(F)(F)F)c2)c(CC(=O)NCc2ccc(C(=N)N)cc2)[nH]1. The van der Waals surface area contributed by atoms with E-state index < -0.39 is 11.7 Å². The van der Waals surface area contributed by atoms with Gasteiger partial charge < -0.3 is 27.1 Å². The van der Waals surface area contributed by atoms with Crippen molar-refractivity contribution in [3.8, 4) is 11.1 Å². The first-order chi connectivity index (χ1) is 15.9. The smallest absolute Gasteiger partial charge is 0.399 e. The number of hydrogen-bond acceptors (Lipinski definition) is 4. The van der Waals surface area contributed by atoms with E-state index in [1.54, 1.807) is 30.3 Å². The number of carbonyl (C=O) groups excluding carboxylic acids is 1. The van der Waals surface area contributed by atoms with Gasteiger partial charge in [0.2, 0.25) is 5.91 Å². The van der Waals surface area contributed by atoms with Gasteiger partial charge in [0, 0.05) is 35.1 Å². The molecule has 10 heteroatoms. The minimum atomic E-state index is -4.55. The van der Waals surface area contributed by atoms with Crippen LogP contribution in [0, 0.1) is 5.41 Å². The summed E-state index contributed by atoms with van der Waals surface area (Å²) >= 11 is 0. The van der Waals surface area contributed by atoms with E-state index in [4.69, 9.17) is 16.9 Å². The average molecular weight is 473 g/mol. The second-order valence-electron chi connectivity index (χ2n) is 8.28. The van der Waals surface area contributed by atoms with Gasteiger partial charge in [-0.05, 0) is 49.2 Å². The Kier molecular flexibility index (Phi) is 7.19. The van der Waals surface area contributed by atoms with Crippen LogP contribution in [-0.2, 0) is 23.9 Å². The molecule has 34 heavy (non-hydrogen) atoms. The van der Waals surface area contributed by atoms with Crippen LogP contribution in [0.4, 0.5) is 24.7 Å². The summed E-state index contributed by atoms with van der Waals surface area (Å²) in [6.45, 7) is 4.10. The Balaban J connectivity index is 1.83. The molecule has 1 amide bonds. The van der Waals surface area contributed by atoms with E-state index in [0.717, 1.165) is 17.7 Å². The normalized spacial score (nSPS) is 11.5. The first-order valence-corrected chi connectivity index (χ1v) is 10.6. The predicted molar refractivity (Wildman–Crippen MR) is 127 cm³/mol. The van der Waals surface area contributed by atoms with Crippen LogP contribution in [-0.4, -0.2) is 22.8 Å². The maximum Gasteiger partial charge on any atom is 0.416 e. The number of nitrogen functional groups attached to an aromatic ring is 2. The van der Waals surface area contributed by atoms with E-state index in [1.165, 1.54) is 6.07 Å². The lowest BCUT2D eigenvalue weighted by atomic mass is 10.0. The Morgan fingerprint density at radius 3 is 2.38 bits per heavy atom. The van der Waals surface area contributed by atoms with Crippen molar-refractivity contribution in [3.05, 3.63) is 70.9 Å². The van der Waals surface area contributed by atoms with Crippen molar-refractivity contribution < 1.29 is 18.0 Å². The number of anilines is 2. The summed E-state index contributed by atoms with van der Waals surface area (Å²) in [7, 11) is 0. The summed E-state index contributed by atoms with van der Waals surface area (Å²) in [6.07, 6.45) is -4.62. The number of aromatic nitrogens is 1. The molecule has 0 bridgehead atoms. The van der Waals surface area contributed by atoms with Crippen LogP contribution in [0.5, 0.6) is 0 Å². The number of aromatic amines is 1. The molecule has 0 fully saturated rings. The summed E-state index contributed by atoms with van der Waals surface area (Å²) in [6, 6.07) is 12.0. The van der Waals surface area contributed by atoms with Gasteiger partial charge >= 0.3 is 6.18 Å². The third-order valence-corrected chi connectivity index (χ3v) is 5.03. The molecule has 0 radical (unpaired) electrons. The summed E-state index contributed by atoms with van der Waals surface area (Å²) in [5.41, 5.74) is 12.9. The Morgan fingerprint density at radius 2 is 1.79 bits per heavy atom. The summed E-state index contributed by atoms with van der Waals surface area (Å²) in [4.78, 5) is 15.8. The molecule has 180 valence electrons. The molecule has 0 atom stereocenters. The highest BCUT2D eigenvalue weighted by Gasteiger charge is 2.31. The van der Waals surface area contributed by atoms with Crippen LogP contribution in [0.2, 0.25) is 0 Å². The standard InChI is InChI=1S/C24H27F3N6O/c1-13(2)32-21-10-19(16-7-17(24(25,26)27)9-18(28)8-16)20(33-21)11-22(34)31-12-14-3-5-15(6-4-14)23(29)30/h3-10,13,32-33H,11-12,28H2,1-2H3,(H3,29,30)(H,31,34). The van der Waals surface area contributed by atoms with Crippen LogP contribution in [0.3, 0.4) is 0 Å². The van der Waals surface area contributed by atoms with Crippen molar-refractivity contribution in [3.63, 3.8) is 0 Å². The molecule has 2 aromatic carbocycles. The van der Waals surface area contributed by atoms with Crippen molar-refractivity contribution in [1.29, 1.82) is 5.41 Å². The lowest BCUT2D eigenvalue weighted by Crippen LogP contribution is -2.25. The monoisotopic (exact) mass is 472 g/mol. The van der Waals surface area contributed by atoms with Crippen molar-refractivity contribution in [1.82, 2.24) is 10.3 Å². The van der Waals surface area contributed by atoms with E-state index in [2.05, 4.69) is 15.6 Å². The first-order valence-electron chi connectivity index (χ1n) is 10.6. The zero-order valence-corrected chi connectivity index (χ0v) is 18.8. The highest BCUT2D eigenvalue weighted by molar-refractivity contribution is 5.94. The molecule has 0 spiro atoms. The van der Waals surface area contributed by atoms with Crippen molar-refractivity contribution in [2.75, 3.05) is 11.1 Å². The van der Waals surface area contributed by atoms with Crippen LogP contribution in [0.1, 0.15) is 36.2 Å². The number of hydrogen-bond donors (Lipinski definition) is 6. The molecule has 0 aliphatic rings. The van der Waals surface area contributed by atoms with Gasteiger partial charge in [-0.2, -0.15) is 13.2 Å². The maximum atomic E-state index is 13.3. The summed E-state index contributed by atoms with van der Waals surface area (Å²) < 4.78 is 40.0. The van der Waals surface area contributed by atoms with Gasteiger partial charge in [-0.15, -0.1) is 0 Å². The number of benzene rings is 2. The molecule has 0 unspecified atom stereocenters. The molecular weight excluding hydrogens is 445 g/mol. The molecule has 0 saturated carbocycles. The van der Waals surface area contributed by atoms with Crippen molar-refractivity contribution in [2.45, 2.75) is 39.0 Å². The third-order valence-electron chi connectivity index (χ3n) is 5.03. The highest BCUT2D eigenvalue weighted by Crippen LogP contribution is 2.36. The largest absolute Gasteiger partial charge is 0.416 e. The van der Waals surface area contributed by atoms with E-state index in [0.29, 0.717) is 22.6 Å². The number of halogens is 3. The Hall–Kier alpha value is -3.95. The molecule has 3 rings (SSSR count). The fourth-order valence-corrected chi connectivity index (χ4v) is 3.48. The minimum absolute atomic E-state index is 0.0196. The number of nitrogens with one attached hydrogen (secondary N) is 4. The maximum absolute atomic E-state index is 13.3. The van der Waals surface area contributed by atoms with Gasteiger partial charge in [0.1, 0.15) is 11.7 Å². The molecule has 1 aromatic heterocycles. The number of rotatable bonds is 8. The molecule has 8 N–H and O–H groups in total. The number of amidine groups is 1. The summed E-state index contributed by atoms with van der Waals surface area (Å²) in [5, 5.41) is 13.4. The fourth-order valence-electron chi connectivity index (χ4n) is 3.48. The highest BCUT2D eigenvalue weighted by atomic mass is 19.4. The van der Waals surface area contributed by atoms with E-state index >= 15 is 0 Å². The van der Waals surface area contributed by atoms with Gasteiger partial charge in [-0.3, -0.25) is 10.2 Å². The molecule has 7 nitrogen and oxygen atoms in total. The Morgan fingerprint density at radius 1 is 1.12 bits per heavy atom. The van der Waals surface area contributed by atoms with Gasteiger partial charge in [0.25, 0.3) is 0 Å². The molecular formula is C24H27F3N6O. The zero-order chi connectivity index (χ0) is 25.0. The first kappa shape index (κ1) is 24.7. The van der Waals surface area contributed by atoms with Crippen molar-refractivity contribution >= 4 is 23.2 Å². The van der Waals surface area contributed by atoms with Crippen LogP contribution in [0.15, 0.2) is 48.5 Å². The van der Waals surface area contributed by atoms with E-state index in [9.17, 15) is 18.0 Å². The minimum Gasteiger partial charge on any atom is -0.399 e. The van der Waals surface area contributed by atoms with Crippen LogP contribution >= 0.6 is 0 Å². The molecule has 3 aromatic rings. The van der Waals surface area contributed by atoms with Gasteiger partial charge in [-0.25, -0.2) is 0 Å². The number of nitrogens with two attached hydrogens (primary N) is 2. The number of H-pyrrole nitrogens is 1. The molecule has 0 saturated heterocycles. The molecule has 1 heterocycles. The van der Waals surface area contributed by atoms with E-state index in [1.807, 2.05) is 13.8 Å². The van der Waals surface area contributed by atoms with Gasteiger partial charge in [0.05, 0.1) is 12.0 Å². The lowest BCUT2D eigenvalue weighted by Gasteiger charge is -2.11. The summed E-state index contributed by atoms with van der Waals surface area (Å²) in [5.74, 6) is 0.231. The molecule has 0 aliphatic carbocycles. The number of alkyl halides is 3. The second-order valence-corrected chi connectivity index (χ2v) is 8.28. The Bertz CT molecular complexity index is 1180. The van der Waals surface area contributed by atoms with Crippen molar-refractivity contribution in [2.24, 2.45) is 5.73 Å². The second kappa shape index (κ2) is 9.90. The number of carbonyl (C=O) groups is 1. The third kappa shape index (κ3) is 6.31. The van der Waals surface area contributed by atoms with Crippen LogP contribution in [0.25, 0.3) is 11.1 Å². The Labute approximate surface area is 195 Å². The molecule has 0 aliphatic heterocycles. The zero-order valence-electron chi connectivity index (χ0n) is 18.8. The quantitative estimate of drug-likeness (QED) is 0.166. The van der Waals surface area contributed by atoms with Gasteiger partial charge in [-0.1, -0.05) is 24.3 Å².